The number of anilines is 1. The van der Waals surface area contributed by atoms with Gasteiger partial charge in [0.1, 0.15) is 17.5 Å². The minimum atomic E-state index is -0.621. The van der Waals surface area contributed by atoms with E-state index in [1.54, 1.807) is 24.6 Å². The topological polar surface area (TPSA) is 53.7 Å². The second-order valence-electron chi connectivity index (χ2n) is 5.93. The molecule has 2 aromatic rings. The number of aliphatic imine (C=N–C) groups is 2. The van der Waals surface area contributed by atoms with Gasteiger partial charge in [0.05, 0.1) is 12.6 Å². The van der Waals surface area contributed by atoms with Crippen LogP contribution < -0.4 is 4.90 Å². The van der Waals surface area contributed by atoms with Crippen LogP contribution in [-0.4, -0.2) is 22.9 Å². The van der Waals surface area contributed by atoms with Crippen LogP contribution in [0.25, 0.3) is 5.70 Å². The van der Waals surface area contributed by atoms with Crippen LogP contribution in [-0.2, 0) is 6.54 Å². The molecule has 7 heteroatoms. The van der Waals surface area contributed by atoms with E-state index in [0.717, 1.165) is 6.07 Å². The van der Waals surface area contributed by atoms with Crippen molar-refractivity contribution in [3.05, 3.63) is 71.8 Å². The number of fused-ring (bicyclic) bond motifs is 1. The van der Waals surface area contributed by atoms with E-state index in [1.165, 1.54) is 12.3 Å². The maximum atomic E-state index is 14.4. The van der Waals surface area contributed by atoms with Gasteiger partial charge in [-0.25, -0.2) is 18.7 Å². The molecule has 0 radical (unpaired) electrons. The molecule has 0 spiro atoms. The van der Waals surface area contributed by atoms with E-state index in [-0.39, 0.29) is 12.6 Å². The van der Waals surface area contributed by atoms with Crippen LogP contribution in [0.3, 0.4) is 0 Å². The van der Waals surface area contributed by atoms with E-state index in [9.17, 15) is 8.78 Å². The predicted molar refractivity (Wildman–Crippen MR) is 104 cm³/mol. The largest absolute Gasteiger partial charge is 0.319 e. The van der Waals surface area contributed by atoms with Gasteiger partial charge < -0.3 is 4.90 Å². The summed E-state index contributed by atoms with van der Waals surface area (Å²) in [5, 5.41) is 0. The lowest BCUT2D eigenvalue weighted by Gasteiger charge is -2.26. The first-order valence-electron chi connectivity index (χ1n) is 8.47. The molecule has 1 unspecified atom stereocenters. The van der Waals surface area contributed by atoms with Crippen molar-refractivity contribution in [1.82, 2.24) is 9.97 Å². The molecular weight excluding hydrogens is 348 g/mol. The Bertz CT molecular complexity index is 936. The molecule has 0 amide bonds. The molecule has 0 aliphatic carbocycles. The van der Waals surface area contributed by atoms with Crippen molar-refractivity contribution in [1.29, 1.82) is 0 Å². The average molecular weight is 367 g/mol. The fourth-order valence-corrected chi connectivity index (χ4v) is 3.19. The Morgan fingerprint density at radius 2 is 2.15 bits per heavy atom. The van der Waals surface area contributed by atoms with E-state index in [2.05, 4.69) is 33.2 Å². The number of hydrogen-bond donors (Lipinski definition) is 0. The highest BCUT2D eigenvalue weighted by Crippen LogP contribution is 2.45. The third-order valence-electron chi connectivity index (χ3n) is 4.28. The standard InChI is InChI=1S/C20H19F2N5/c1-4-17-20-15(10-14(21)11-16(20)22)13(2)27(17)19-6-9-25-18(26-19)12-24-8-5-7-23-3/h5-11,17H,2-4,12H2,1H3/b7-5-,24-8?. The SMILES string of the molecule is C=N/C=C\C=NCc1nccc(N2C(=C)c3cc(F)cc(F)c3C2CC)n1. The summed E-state index contributed by atoms with van der Waals surface area (Å²) in [7, 11) is 0. The zero-order chi connectivity index (χ0) is 19.4. The summed E-state index contributed by atoms with van der Waals surface area (Å²) in [6, 6.07) is 3.64. The van der Waals surface area contributed by atoms with Crippen LogP contribution >= 0.6 is 0 Å². The second kappa shape index (κ2) is 7.99. The van der Waals surface area contributed by atoms with Crippen molar-refractivity contribution >= 4 is 24.4 Å². The first-order chi connectivity index (χ1) is 13.1. The summed E-state index contributed by atoms with van der Waals surface area (Å²) >= 11 is 0. The molecule has 0 bridgehead atoms. The second-order valence-corrected chi connectivity index (χ2v) is 5.93. The van der Waals surface area contributed by atoms with E-state index < -0.39 is 11.6 Å². The number of benzene rings is 1. The van der Waals surface area contributed by atoms with Gasteiger partial charge in [-0.1, -0.05) is 13.5 Å². The van der Waals surface area contributed by atoms with Gasteiger partial charge in [-0.2, -0.15) is 0 Å². The number of aromatic nitrogens is 2. The lowest BCUT2D eigenvalue weighted by atomic mass is 10.0. The van der Waals surface area contributed by atoms with Gasteiger partial charge in [0.15, 0.2) is 5.82 Å². The Balaban J connectivity index is 1.92. The quantitative estimate of drug-likeness (QED) is 0.707. The summed E-state index contributed by atoms with van der Waals surface area (Å²) in [6.45, 7) is 9.59. The fourth-order valence-electron chi connectivity index (χ4n) is 3.19. The molecule has 138 valence electrons. The molecule has 2 heterocycles. The molecule has 1 aromatic heterocycles. The normalized spacial score (nSPS) is 16.5. The van der Waals surface area contributed by atoms with Gasteiger partial charge in [0, 0.05) is 41.5 Å². The highest BCUT2D eigenvalue weighted by atomic mass is 19.1. The Kier molecular flexibility index (Phi) is 5.49. The molecule has 0 fully saturated rings. The molecule has 3 rings (SSSR count). The van der Waals surface area contributed by atoms with Gasteiger partial charge in [-0.3, -0.25) is 9.98 Å². The number of hydrogen-bond acceptors (Lipinski definition) is 5. The van der Waals surface area contributed by atoms with E-state index >= 15 is 0 Å². The van der Waals surface area contributed by atoms with Crippen LogP contribution in [0.4, 0.5) is 14.6 Å². The number of halogens is 2. The molecule has 1 aliphatic heterocycles. The predicted octanol–water partition coefficient (Wildman–Crippen LogP) is 4.48. The van der Waals surface area contributed by atoms with Gasteiger partial charge >= 0.3 is 0 Å². The molecule has 1 aromatic carbocycles. The highest BCUT2D eigenvalue weighted by molar-refractivity contribution is 5.84. The lowest BCUT2D eigenvalue weighted by molar-refractivity contribution is 0.555. The molecule has 0 N–H and O–H groups in total. The first kappa shape index (κ1) is 18.6. The summed E-state index contributed by atoms with van der Waals surface area (Å²) in [5.74, 6) is -0.105. The summed E-state index contributed by atoms with van der Waals surface area (Å²) in [4.78, 5) is 18.3. The monoisotopic (exact) mass is 367 g/mol. The summed E-state index contributed by atoms with van der Waals surface area (Å²) < 4.78 is 28.1. The molecular formula is C20H19F2N5. The summed E-state index contributed by atoms with van der Waals surface area (Å²) in [6.07, 6.45) is 6.99. The fraction of sp³-hybridized carbons (Fsp3) is 0.200. The van der Waals surface area contributed by atoms with Crippen LogP contribution in [0.5, 0.6) is 0 Å². The minimum Gasteiger partial charge on any atom is -0.319 e. The molecule has 1 atom stereocenters. The Morgan fingerprint density at radius 3 is 2.89 bits per heavy atom. The third-order valence-corrected chi connectivity index (χ3v) is 4.28. The molecule has 27 heavy (non-hydrogen) atoms. The highest BCUT2D eigenvalue weighted by Gasteiger charge is 2.36. The van der Waals surface area contributed by atoms with Crippen LogP contribution in [0.1, 0.15) is 36.3 Å². The van der Waals surface area contributed by atoms with Crippen molar-refractivity contribution < 1.29 is 8.78 Å². The van der Waals surface area contributed by atoms with Crippen molar-refractivity contribution in [2.24, 2.45) is 9.98 Å². The van der Waals surface area contributed by atoms with Crippen LogP contribution in [0.2, 0.25) is 0 Å². The van der Waals surface area contributed by atoms with E-state index in [4.69, 9.17) is 0 Å². The number of nitrogens with zero attached hydrogens (tertiary/aromatic N) is 5. The molecule has 5 nitrogen and oxygen atoms in total. The lowest BCUT2D eigenvalue weighted by Crippen LogP contribution is -2.21. The zero-order valence-corrected chi connectivity index (χ0v) is 14.9. The van der Waals surface area contributed by atoms with Gasteiger partial charge in [0.2, 0.25) is 0 Å². The van der Waals surface area contributed by atoms with Crippen molar-refractivity contribution in [2.45, 2.75) is 25.9 Å². The smallest absolute Gasteiger partial charge is 0.152 e. The Labute approximate surface area is 156 Å². The molecule has 1 aliphatic rings. The van der Waals surface area contributed by atoms with E-state index in [1.807, 2.05) is 11.8 Å². The van der Waals surface area contributed by atoms with Crippen LogP contribution in [0.15, 0.2) is 53.2 Å². The van der Waals surface area contributed by atoms with Crippen molar-refractivity contribution in [3.8, 4) is 0 Å². The minimum absolute atomic E-state index is 0.280. The zero-order valence-electron chi connectivity index (χ0n) is 14.9. The molecule has 0 saturated carbocycles. The third kappa shape index (κ3) is 3.67. The van der Waals surface area contributed by atoms with Crippen molar-refractivity contribution in [2.75, 3.05) is 4.90 Å². The van der Waals surface area contributed by atoms with Gasteiger partial charge in [-0.05, 0) is 31.3 Å². The Morgan fingerprint density at radius 1 is 1.33 bits per heavy atom. The Hall–Kier alpha value is -3.22. The molecule has 0 saturated heterocycles. The summed E-state index contributed by atoms with van der Waals surface area (Å²) in [5.41, 5.74) is 1.44. The number of rotatable bonds is 6. The first-order valence-corrected chi connectivity index (χ1v) is 8.47. The maximum absolute atomic E-state index is 14.4. The van der Waals surface area contributed by atoms with Crippen LogP contribution in [0, 0.1) is 11.6 Å². The van der Waals surface area contributed by atoms with Gasteiger partial charge in [0.25, 0.3) is 0 Å². The van der Waals surface area contributed by atoms with Gasteiger partial charge in [-0.15, -0.1) is 0 Å². The average Bonchev–Trinajstić information content (AvgIpc) is 2.94. The maximum Gasteiger partial charge on any atom is 0.152 e. The van der Waals surface area contributed by atoms with Crippen molar-refractivity contribution in [3.63, 3.8) is 0 Å². The number of allylic oxidation sites excluding steroid dienone is 1. The van der Waals surface area contributed by atoms with E-state index in [0.29, 0.717) is 34.9 Å².